The fourth-order valence-electron chi connectivity index (χ4n) is 2.68. The zero-order valence-corrected chi connectivity index (χ0v) is 9.93. The highest BCUT2D eigenvalue weighted by Gasteiger charge is 2.36. The molecule has 2 heterocycles. The van der Waals surface area contributed by atoms with Crippen molar-refractivity contribution in [1.82, 2.24) is 9.88 Å². The molecule has 1 aliphatic carbocycles. The molecule has 1 aromatic rings. The van der Waals surface area contributed by atoms with Gasteiger partial charge in [0.05, 0.1) is 0 Å². The number of hydrogen-bond donors (Lipinski definition) is 0. The molecule has 1 aliphatic heterocycles. The molecule has 0 aromatic carbocycles. The first-order chi connectivity index (χ1) is 8.34. The van der Waals surface area contributed by atoms with Crippen molar-refractivity contribution in [3.8, 4) is 0 Å². The third-order valence-electron chi connectivity index (χ3n) is 3.91. The minimum Gasteiger partial charge on any atom is -0.354 e. The molecule has 17 heavy (non-hydrogen) atoms. The number of anilines is 1. The van der Waals surface area contributed by atoms with Gasteiger partial charge in [0.1, 0.15) is 12.0 Å². The Bertz CT molecular complexity index is 362. The largest absolute Gasteiger partial charge is 0.354 e. The van der Waals surface area contributed by atoms with E-state index < -0.39 is 6.17 Å². The second kappa shape index (κ2) is 4.61. The molecule has 0 bridgehead atoms. The zero-order chi connectivity index (χ0) is 11.7. The second-order valence-corrected chi connectivity index (χ2v) is 4.87. The molecular formula is C13H18FN3. The van der Waals surface area contributed by atoms with Gasteiger partial charge in [0.15, 0.2) is 0 Å². The van der Waals surface area contributed by atoms with Crippen LogP contribution in [0.1, 0.15) is 12.8 Å². The van der Waals surface area contributed by atoms with E-state index in [-0.39, 0.29) is 6.04 Å². The molecule has 0 N–H and O–H groups in total. The van der Waals surface area contributed by atoms with E-state index in [9.17, 15) is 4.39 Å². The van der Waals surface area contributed by atoms with Crippen molar-refractivity contribution in [2.45, 2.75) is 25.1 Å². The number of rotatable bonds is 2. The summed E-state index contributed by atoms with van der Waals surface area (Å²) in [6.45, 7) is 3.84. The summed E-state index contributed by atoms with van der Waals surface area (Å²) < 4.78 is 13.3. The van der Waals surface area contributed by atoms with E-state index in [1.165, 1.54) is 0 Å². The molecule has 0 radical (unpaired) electrons. The second-order valence-electron chi connectivity index (χ2n) is 4.87. The third-order valence-corrected chi connectivity index (χ3v) is 3.91. The Morgan fingerprint density at radius 3 is 2.47 bits per heavy atom. The number of halogens is 1. The molecule has 1 aromatic heterocycles. The SMILES string of the molecule is FC1CCC1N1CCN(c2ccccn2)CC1. The van der Waals surface area contributed by atoms with Crippen LogP contribution in [-0.4, -0.2) is 48.3 Å². The minimum atomic E-state index is -0.587. The Kier molecular flexibility index (Phi) is 2.97. The fraction of sp³-hybridized carbons (Fsp3) is 0.615. The first kappa shape index (κ1) is 11.0. The first-order valence-electron chi connectivity index (χ1n) is 6.39. The van der Waals surface area contributed by atoms with Gasteiger partial charge in [-0.05, 0) is 25.0 Å². The number of pyridine rings is 1. The van der Waals surface area contributed by atoms with Crippen LogP contribution in [0.5, 0.6) is 0 Å². The third kappa shape index (κ3) is 2.14. The summed E-state index contributed by atoms with van der Waals surface area (Å²) in [5.41, 5.74) is 0. The van der Waals surface area contributed by atoms with E-state index in [1.807, 2.05) is 24.4 Å². The van der Waals surface area contributed by atoms with Crippen molar-refractivity contribution >= 4 is 5.82 Å². The monoisotopic (exact) mass is 235 g/mol. The summed E-state index contributed by atoms with van der Waals surface area (Å²) in [5.74, 6) is 1.04. The van der Waals surface area contributed by atoms with Gasteiger partial charge in [-0.25, -0.2) is 9.37 Å². The maximum atomic E-state index is 13.3. The molecule has 2 unspecified atom stereocenters. The molecule has 0 spiro atoms. The van der Waals surface area contributed by atoms with Gasteiger partial charge in [0.2, 0.25) is 0 Å². The van der Waals surface area contributed by atoms with Crippen LogP contribution >= 0.6 is 0 Å². The first-order valence-corrected chi connectivity index (χ1v) is 6.39. The van der Waals surface area contributed by atoms with E-state index >= 15 is 0 Å². The summed E-state index contributed by atoms with van der Waals surface area (Å²) in [7, 11) is 0. The summed E-state index contributed by atoms with van der Waals surface area (Å²) in [6.07, 6.45) is 3.03. The van der Waals surface area contributed by atoms with E-state index in [4.69, 9.17) is 0 Å². The van der Waals surface area contributed by atoms with Crippen LogP contribution in [0.25, 0.3) is 0 Å². The van der Waals surface area contributed by atoms with Crippen molar-refractivity contribution < 1.29 is 4.39 Å². The average Bonchev–Trinajstić information content (AvgIpc) is 2.39. The zero-order valence-electron chi connectivity index (χ0n) is 9.93. The highest BCUT2D eigenvalue weighted by Crippen LogP contribution is 2.29. The molecule has 3 nitrogen and oxygen atoms in total. The maximum Gasteiger partial charge on any atom is 0.128 e. The number of nitrogens with zero attached hydrogens (tertiary/aromatic N) is 3. The lowest BCUT2D eigenvalue weighted by Crippen LogP contribution is -2.56. The smallest absolute Gasteiger partial charge is 0.128 e. The minimum absolute atomic E-state index is 0.195. The van der Waals surface area contributed by atoms with Gasteiger partial charge >= 0.3 is 0 Å². The number of hydrogen-bond acceptors (Lipinski definition) is 3. The Hall–Kier alpha value is -1.16. The molecular weight excluding hydrogens is 217 g/mol. The van der Waals surface area contributed by atoms with Crippen LogP contribution in [0.15, 0.2) is 24.4 Å². The molecule has 2 aliphatic rings. The molecule has 2 fully saturated rings. The van der Waals surface area contributed by atoms with Gasteiger partial charge in [-0.2, -0.15) is 0 Å². The Morgan fingerprint density at radius 1 is 1.12 bits per heavy atom. The van der Waals surface area contributed by atoms with Gasteiger partial charge in [-0.1, -0.05) is 6.07 Å². The average molecular weight is 235 g/mol. The van der Waals surface area contributed by atoms with Crippen molar-refractivity contribution in [3.05, 3.63) is 24.4 Å². The van der Waals surface area contributed by atoms with E-state index in [0.717, 1.165) is 44.8 Å². The van der Waals surface area contributed by atoms with E-state index in [1.54, 1.807) is 0 Å². The van der Waals surface area contributed by atoms with Crippen LogP contribution < -0.4 is 4.90 Å². The lowest BCUT2D eigenvalue weighted by molar-refractivity contribution is 0.0313. The van der Waals surface area contributed by atoms with Gasteiger partial charge in [0, 0.05) is 38.4 Å². The molecule has 1 saturated carbocycles. The van der Waals surface area contributed by atoms with Gasteiger partial charge < -0.3 is 4.90 Å². The summed E-state index contributed by atoms with van der Waals surface area (Å²) >= 11 is 0. The van der Waals surface area contributed by atoms with Gasteiger partial charge in [-0.15, -0.1) is 0 Å². The number of alkyl halides is 1. The molecule has 4 heteroatoms. The van der Waals surface area contributed by atoms with Crippen molar-refractivity contribution in [2.75, 3.05) is 31.1 Å². The Balaban J connectivity index is 1.57. The standard InChI is InChI=1S/C13H18FN3/c14-11-4-5-12(11)16-7-9-17(10-8-16)13-3-1-2-6-15-13/h1-3,6,11-12H,4-5,7-10H2. The molecule has 1 saturated heterocycles. The fourth-order valence-corrected chi connectivity index (χ4v) is 2.68. The number of aromatic nitrogens is 1. The predicted molar refractivity (Wildman–Crippen MR) is 65.9 cm³/mol. The van der Waals surface area contributed by atoms with E-state index in [0.29, 0.717) is 0 Å². The quantitative estimate of drug-likeness (QED) is 0.778. The van der Waals surface area contributed by atoms with Crippen molar-refractivity contribution in [1.29, 1.82) is 0 Å². The number of piperazine rings is 1. The van der Waals surface area contributed by atoms with Gasteiger partial charge in [-0.3, -0.25) is 4.90 Å². The van der Waals surface area contributed by atoms with Crippen LogP contribution in [0, 0.1) is 0 Å². The maximum absolute atomic E-state index is 13.3. The van der Waals surface area contributed by atoms with Gasteiger partial charge in [0.25, 0.3) is 0 Å². The summed E-state index contributed by atoms with van der Waals surface area (Å²) in [6, 6.07) is 6.18. The molecule has 0 amide bonds. The van der Waals surface area contributed by atoms with Crippen molar-refractivity contribution in [3.63, 3.8) is 0 Å². The lowest BCUT2D eigenvalue weighted by atomic mass is 9.88. The highest BCUT2D eigenvalue weighted by atomic mass is 19.1. The van der Waals surface area contributed by atoms with Crippen LogP contribution in [-0.2, 0) is 0 Å². The highest BCUT2D eigenvalue weighted by molar-refractivity contribution is 5.38. The van der Waals surface area contributed by atoms with Crippen molar-refractivity contribution in [2.24, 2.45) is 0 Å². The van der Waals surface area contributed by atoms with Crippen LogP contribution in [0.4, 0.5) is 10.2 Å². The molecule has 3 rings (SSSR count). The molecule has 92 valence electrons. The predicted octanol–water partition coefficient (Wildman–Crippen LogP) is 1.70. The molecule has 2 atom stereocenters. The summed E-state index contributed by atoms with van der Waals surface area (Å²) in [4.78, 5) is 8.93. The topological polar surface area (TPSA) is 19.4 Å². The van der Waals surface area contributed by atoms with Crippen LogP contribution in [0.2, 0.25) is 0 Å². The Morgan fingerprint density at radius 2 is 1.94 bits per heavy atom. The van der Waals surface area contributed by atoms with Crippen LogP contribution in [0.3, 0.4) is 0 Å². The summed E-state index contributed by atoms with van der Waals surface area (Å²) in [5, 5.41) is 0. The lowest BCUT2D eigenvalue weighted by Gasteiger charge is -2.44. The normalized spacial score (nSPS) is 30.1. The Labute approximate surface area is 101 Å². The van der Waals surface area contributed by atoms with E-state index in [2.05, 4.69) is 14.8 Å².